The molecule has 0 bridgehead atoms. The van der Waals surface area contributed by atoms with Crippen LogP contribution in [0.3, 0.4) is 0 Å². The average Bonchev–Trinajstić information content (AvgIpc) is 3.23. The number of aryl methyl sites for hydroxylation is 1. The summed E-state index contributed by atoms with van der Waals surface area (Å²) in [7, 11) is 1.67. The van der Waals surface area contributed by atoms with Gasteiger partial charge in [-0.25, -0.2) is 4.98 Å². The summed E-state index contributed by atoms with van der Waals surface area (Å²) in [4.78, 5) is 31.3. The Kier molecular flexibility index (Phi) is 6.29. The molecule has 160 valence electrons. The average molecular weight is 438 g/mol. The number of benzene rings is 2. The Labute approximate surface area is 184 Å². The van der Waals surface area contributed by atoms with E-state index in [1.807, 2.05) is 54.8 Å². The normalized spacial score (nSPS) is 13.0. The van der Waals surface area contributed by atoms with Crippen molar-refractivity contribution in [3.63, 3.8) is 0 Å². The van der Waals surface area contributed by atoms with Gasteiger partial charge in [-0.2, -0.15) is 0 Å². The monoisotopic (exact) mass is 437 g/mol. The number of fused-ring (bicyclic) bond motifs is 1. The van der Waals surface area contributed by atoms with E-state index >= 15 is 0 Å². The number of carbonyl (C=O) groups is 2. The minimum Gasteiger partial charge on any atom is -0.482 e. The number of ether oxygens (including phenoxy) is 2. The standard InChI is InChI=1S/C23H23N3O4S/c1-15-4-3-5-17(10-15)24-21(27)12-26-19-11-16(6-7-20(19)30-13-23(26)28)18-14-31-22(25-18)8-9-29-2/h3-7,10-11,14H,8-9,12-13H2,1-2H3,(H,24,27). The molecule has 1 aromatic heterocycles. The number of hydrogen-bond donors (Lipinski definition) is 1. The summed E-state index contributed by atoms with van der Waals surface area (Å²) in [5.41, 5.74) is 4.00. The van der Waals surface area contributed by atoms with Crippen molar-refractivity contribution >= 4 is 34.5 Å². The molecule has 2 heterocycles. The van der Waals surface area contributed by atoms with Gasteiger partial charge < -0.3 is 14.8 Å². The van der Waals surface area contributed by atoms with Crippen LogP contribution in [0.5, 0.6) is 5.75 Å². The lowest BCUT2D eigenvalue weighted by molar-refractivity contribution is -0.123. The van der Waals surface area contributed by atoms with Crippen molar-refractivity contribution in [1.82, 2.24) is 4.98 Å². The Balaban J connectivity index is 1.55. The number of nitrogens with zero attached hydrogens (tertiary/aromatic N) is 2. The van der Waals surface area contributed by atoms with Gasteiger partial charge >= 0.3 is 0 Å². The van der Waals surface area contributed by atoms with Gasteiger partial charge in [0.05, 0.1) is 23.0 Å². The zero-order valence-electron chi connectivity index (χ0n) is 17.4. The molecule has 0 radical (unpaired) electrons. The molecule has 0 spiro atoms. The van der Waals surface area contributed by atoms with E-state index in [1.54, 1.807) is 18.4 Å². The first-order chi connectivity index (χ1) is 15.0. The highest BCUT2D eigenvalue weighted by Crippen LogP contribution is 2.36. The van der Waals surface area contributed by atoms with Crippen LogP contribution < -0.4 is 15.0 Å². The van der Waals surface area contributed by atoms with Gasteiger partial charge in [0.25, 0.3) is 5.91 Å². The quantitative estimate of drug-likeness (QED) is 0.610. The second kappa shape index (κ2) is 9.28. The van der Waals surface area contributed by atoms with Crippen LogP contribution in [0.4, 0.5) is 11.4 Å². The molecule has 2 amide bonds. The van der Waals surface area contributed by atoms with Crippen molar-refractivity contribution in [1.29, 1.82) is 0 Å². The van der Waals surface area contributed by atoms with Crippen molar-refractivity contribution in [2.75, 3.05) is 37.1 Å². The van der Waals surface area contributed by atoms with E-state index in [2.05, 4.69) is 10.3 Å². The molecule has 0 atom stereocenters. The number of anilines is 2. The van der Waals surface area contributed by atoms with Crippen LogP contribution >= 0.6 is 11.3 Å². The van der Waals surface area contributed by atoms with Crippen LogP contribution in [0.2, 0.25) is 0 Å². The fourth-order valence-corrected chi connectivity index (χ4v) is 4.14. The molecule has 1 aliphatic rings. The summed E-state index contributed by atoms with van der Waals surface area (Å²) < 4.78 is 10.7. The molecule has 4 rings (SSSR count). The SMILES string of the molecule is COCCc1nc(-c2ccc3c(c2)N(CC(=O)Nc2cccc(C)c2)C(=O)CO3)cs1. The first kappa shape index (κ1) is 21.0. The zero-order chi connectivity index (χ0) is 21.8. The first-order valence-corrected chi connectivity index (χ1v) is 10.8. The maximum Gasteiger partial charge on any atom is 0.265 e. The Morgan fingerprint density at radius 3 is 2.97 bits per heavy atom. The highest BCUT2D eigenvalue weighted by Gasteiger charge is 2.28. The van der Waals surface area contributed by atoms with Gasteiger partial charge in [-0.15, -0.1) is 11.3 Å². The van der Waals surface area contributed by atoms with Crippen LogP contribution in [-0.2, 0) is 20.7 Å². The van der Waals surface area contributed by atoms with Gasteiger partial charge in [0.2, 0.25) is 5.91 Å². The number of carbonyl (C=O) groups excluding carboxylic acids is 2. The minimum atomic E-state index is -0.271. The summed E-state index contributed by atoms with van der Waals surface area (Å²) in [5.74, 6) is 0.0392. The molecule has 1 N–H and O–H groups in total. The lowest BCUT2D eigenvalue weighted by Crippen LogP contribution is -2.43. The molecule has 8 heteroatoms. The van der Waals surface area contributed by atoms with Crippen molar-refractivity contribution in [2.24, 2.45) is 0 Å². The number of nitrogens with one attached hydrogen (secondary N) is 1. The lowest BCUT2D eigenvalue weighted by Gasteiger charge is -2.29. The number of thiazole rings is 1. The molecule has 0 aliphatic carbocycles. The smallest absolute Gasteiger partial charge is 0.265 e. The molecule has 7 nitrogen and oxygen atoms in total. The summed E-state index contributed by atoms with van der Waals surface area (Å²) in [6.45, 7) is 2.38. The highest BCUT2D eigenvalue weighted by molar-refractivity contribution is 7.09. The van der Waals surface area contributed by atoms with Crippen LogP contribution in [0.15, 0.2) is 47.8 Å². The molecular formula is C23H23N3O4S. The van der Waals surface area contributed by atoms with Crippen molar-refractivity contribution in [2.45, 2.75) is 13.3 Å². The molecule has 31 heavy (non-hydrogen) atoms. The Morgan fingerprint density at radius 2 is 2.16 bits per heavy atom. The van der Waals surface area contributed by atoms with Gasteiger partial charge in [-0.3, -0.25) is 14.5 Å². The van der Waals surface area contributed by atoms with Crippen LogP contribution in [-0.4, -0.2) is 43.7 Å². The second-order valence-corrected chi connectivity index (χ2v) is 8.18. The summed E-state index contributed by atoms with van der Waals surface area (Å²) in [5, 5.41) is 5.82. The van der Waals surface area contributed by atoms with Crippen LogP contribution in [0.25, 0.3) is 11.3 Å². The van der Waals surface area contributed by atoms with Gasteiger partial charge in [-0.05, 0) is 42.8 Å². The van der Waals surface area contributed by atoms with Crippen molar-refractivity contribution < 1.29 is 19.1 Å². The summed E-state index contributed by atoms with van der Waals surface area (Å²) in [6, 6.07) is 13.1. The number of aromatic nitrogens is 1. The van der Waals surface area contributed by atoms with E-state index in [0.29, 0.717) is 23.7 Å². The zero-order valence-corrected chi connectivity index (χ0v) is 18.2. The minimum absolute atomic E-state index is 0.0945. The Bertz CT molecular complexity index is 1110. The third kappa shape index (κ3) is 4.92. The molecule has 0 fully saturated rings. The van der Waals surface area contributed by atoms with Crippen molar-refractivity contribution in [3.8, 4) is 17.0 Å². The maximum atomic E-state index is 12.6. The molecule has 2 aromatic carbocycles. The van der Waals surface area contributed by atoms with E-state index < -0.39 is 0 Å². The molecule has 1 aliphatic heterocycles. The Morgan fingerprint density at radius 1 is 1.29 bits per heavy atom. The van der Waals surface area contributed by atoms with E-state index in [-0.39, 0.29) is 25.0 Å². The van der Waals surface area contributed by atoms with Gasteiger partial charge in [-0.1, -0.05) is 12.1 Å². The third-order valence-corrected chi connectivity index (χ3v) is 5.78. The third-order valence-electron chi connectivity index (χ3n) is 4.87. The summed E-state index contributed by atoms with van der Waals surface area (Å²) >= 11 is 1.57. The van der Waals surface area contributed by atoms with E-state index in [4.69, 9.17) is 9.47 Å². The first-order valence-electron chi connectivity index (χ1n) is 9.91. The van der Waals surface area contributed by atoms with Crippen LogP contribution in [0, 0.1) is 6.92 Å². The van der Waals surface area contributed by atoms with E-state index in [1.165, 1.54) is 4.90 Å². The van der Waals surface area contributed by atoms with Gasteiger partial charge in [0.15, 0.2) is 6.61 Å². The fourth-order valence-electron chi connectivity index (χ4n) is 3.35. The number of hydrogen-bond acceptors (Lipinski definition) is 6. The van der Waals surface area contributed by atoms with E-state index in [9.17, 15) is 9.59 Å². The molecule has 0 unspecified atom stereocenters. The molecule has 0 saturated carbocycles. The van der Waals surface area contributed by atoms with Crippen LogP contribution in [0.1, 0.15) is 10.6 Å². The largest absolute Gasteiger partial charge is 0.482 e. The van der Waals surface area contributed by atoms with Gasteiger partial charge in [0.1, 0.15) is 12.3 Å². The highest BCUT2D eigenvalue weighted by atomic mass is 32.1. The topological polar surface area (TPSA) is 80.8 Å². The Hall–Kier alpha value is -3.23. The van der Waals surface area contributed by atoms with Crippen molar-refractivity contribution in [3.05, 3.63) is 58.4 Å². The number of amides is 2. The second-order valence-electron chi connectivity index (χ2n) is 7.24. The molecular weight excluding hydrogens is 414 g/mol. The molecule has 3 aromatic rings. The summed E-state index contributed by atoms with van der Waals surface area (Å²) in [6.07, 6.45) is 0.749. The predicted molar refractivity (Wildman–Crippen MR) is 121 cm³/mol. The maximum absolute atomic E-state index is 12.6. The predicted octanol–water partition coefficient (Wildman–Crippen LogP) is 3.67. The van der Waals surface area contributed by atoms with E-state index in [0.717, 1.165) is 28.2 Å². The number of methoxy groups -OCH3 is 1. The fraction of sp³-hybridized carbons (Fsp3) is 0.261. The number of rotatable bonds is 7. The van der Waals surface area contributed by atoms with Gasteiger partial charge in [0, 0.05) is 30.2 Å². The lowest BCUT2D eigenvalue weighted by atomic mass is 10.1. The molecule has 0 saturated heterocycles.